The van der Waals surface area contributed by atoms with Crippen LogP contribution in [0.15, 0.2) is 22.7 Å². The summed E-state index contributed by atoms with van der Waals surface area (Å²) in [5.41, 5.74) is 0.703. The Morgan fingerprint density at radius 2 is 2.24 bits per heavy atom. The Bertz CT molecular complexity index is 377. The Morgan fingerprint density at radius 1 is 1.47 bits per heavy atom. The smallest absolute Gasteiger partial charge is 0.147 e. The van der Waals surface area contributed by atoms with Crippen molar-refractivity contribution in [3.05, 3.63) is 28.5 Å². The summed E-state index contributed by atoms with van der Waals surface area (Å²) in [5.74, 6) is -0.144. The third kappa shape index (κ3) is 2.63. The number of rotatable bonds is 2. The van der Waals surface area contributed by atoms with Crippen molar-refractivity contribution in [2.75, 3.05) is 18.5 Å². The van der Waals surface area contributed by atoms with E-state index in [0.717, 1.165) is 23.9 Å². The van der Waals surface area contributed by atoms with Gasteiger partial charge in [0.1, 0.15) is 5.82 Å². The molecular weight excluding hydrogens is 283 g/mol. The molecule has 2 nitrogen and oxygen atoms in total. The van der Waals surface area contributed by atoms with Gasteiger partial charge in [-0.3, -0.25) is 0 Å². The van der Waals surface area contributed by atoms with E-state index in [1.165, 1.54) is 6.07 Å². The van der Waals surface area contributed by atoms with E-state index in [-0.39, 0.29) is 5.82 Å². The molecule has 1 aromatic carbocycles. The highest BCUT2D eigenvalue weighted by Gasteiger charge is 2.27. The first-order chi connectivity index (χ1) is 8.13. The average molecular weight is 301 g/mol. The van der Waals surface area contributed by atoms with Crippen LogP contribution in [0.3, 0.4) is 0 Å². The normalized spacial score (nSPS) is 25.1. The summed E-state index contributed by atoms with van der Waals surface area (Å²) in [6, 6.07) is 6.06. The molecule has 2 atom stereocenters. The minimum atomic E-state index is -0.144. The zero-order valence-electron chi connectivity index (χ0n) is 10.2. The number of nitrogens with zero attached hydrogens (tertiary/aromatic N) is 1. The first-order valence-corrected chi connectivity index (χ1v) is 6.80. The number of piperidine rings is 1. The van der Waals surface area contributed by atoms with Crippen molar-refractivity contribution in [2.24, 2.45) is 0 Å². The molecule has 1 aliphatic heterocycles. The lowest BCUT2D eigenvalue weighted by molar-refractivity contribution is 0.383. The minimum absolute atomic E-state index is 0.144. The third-order valence-corrected chi connectivity index (χ3v) is 4.15. The lowest BCUT2D eigenvalue weighted by atomic mass is 9.97. The van der Waals surface area contributed by atoms with Crippen LogP contribution >= 0.6 is 15.9 Å². The van der Waals surface area contributed by atoms with Gasteiger partial charge in [0.25, 0.3) is 0 Å². The van der Waals surface area contributed by atoms with Gasteiger partial charge < -0.3 is 10.2 Å². The van der Waals surface area contributed by atoms with E-state index >= 15 is 0 Å². The van der Waals surface area contributed by atoms with Gasteiger partial charge in [0.15, 0.2) is 0 Å². The molecule has 1 fully saturated rings. The van der Waals surface area contributed by atoms with Crippen molar-refractivity contribution < 1.29 is 4.39 Å². The fourth-order valence-electron chi connectivity index (χ4n) is 2.53. The van der Waals surface area contributed by atoms with Gasteiger partial charge in [-0.1, -0.05) is 6.07 Å². The molecule has 1 heterocycles. The fraction of sp³-hybridized carbons (Fsp3) is 0.538. The Balaban J connectivity index is 2.23. The molecule has 17 heavy (non-hydrogen) atoms. The van der Waals surface area contributed by atoms with Gasteiger partial charge >= 0.3 is 0 Å². The Morgan fingerprint density at radius 3 is 2.82 bits per heavy atom. The molecule has 0 aromatic heterocycles. The summed E-state index contributed by atoms with van der Waals surface area (Å²) in [6.45, 7) is 3.05. The zero-order valence-corrected chi connectivity index (χ0v) is 11.8. The fourth-order valence-corrected chi connectivity index (χ4v) is 3.10. The van der Waals surface area contributed by atoms with Crippen LogP contribution in [0.4, 0.5) is 10.1 Å². The standard InChI is InChI=1S/C13H18BrFN2/c1-9-8-10(16-2)6-7-17(9)13-11(14)4-3-5-12(13)15/h3-5,9-10,16H,6-8H2,1-2H3. The van der Waals surface area contributed by atoms with Gasteiger partial charge in [-0.25, -0.2) is 4.39 Å². The lowest BCUT2D eigenvalue weighted by Crippen LogP contribution is -2.47. The Kier molecular flexibility index (Phi) is 4.05. The summed E-state index contributed by atoms with van der Waals surface area (Å²) < 4.78 is 14.7. The monoisotopic (exact) mass is 300 g/mol. The number of anilines is 1. The van der Waals surface area contributed by atoms with E-state index in [1.54, 1.807) is 6.07 Å². The third-order valence-electron chi connectivity index (χ3n) is 3.51. The number of para-hydroxylation sites is 1. The van der Waals surface area contributed by atoms with E-state index in [4.69, 9.17) is 0 Å². The number of nitrogens with one attached hydrogen (secondary N) is 1. The van der Waals surface area contributed by atoms with E-state index in [2.05, 4.69) is 33.1 Å². The largest absolute Gasteiger partial charge is 0.365 e. The maximum Gasteiger partial charge on any atom is 0.147 e. The molecule has 1 aromatic rings. The first-order valence-electron chi connectivity index (χ1n) is 6.01. The van der Waals surface area contributed by atoms with Crippen LogP contribution in [0, 0.1) is 5.82 Å². The van der Waals surface area contributed by atoms with Crippen LogP contribution in [0.2, 0.25) is 0 Å². The second-order valence-electron chi connectivity index (χ2n) is 4.62. The second kappa shape index (κ2) is 5.36. The summed E-state index contributed by atoms with van der Waals surface area (Å²) in [5, 5.41) is 3.30. The van der Waals surface area contributed by atoms with E-state index in [9.17, 15) is 4.39 Å². The van der Waals surface area contributed by atoms with Crippen LogP contribution in [0.1, 0.15) is 19.8 Å². The molecule has 1 saturated heterocycles. The summed E-state index contributed by atoms with van der Waals surface area (Å²) in [6.07, 6.45) is 2.11. The summed E-state index contributed by atoms with van der Waals surface area (Å²) >= 11 is 3.45. The Labute approximate surface area is 110 Å². The molecule has 0 bridgehead atoms. The molecule has 0 aliphatic carbocycles. The first kappa shape index (κ1) is 12.8. The predicted octanol–water partition coefficient (Wildman–Crippen LogP) is 3.16. The molecule has 1 N–H and O–H groups in total. The summed E-state index contributed by atoms with van der Waals surface area (Å²) in [4.78, 5) is 2.16. The van der Waals surface area contributed by atoms with Gasteiger partial charge in [0.2, 0.25) is 0 Å². The molecule has 2 rings (SSSR count). The maximum atomic E-state index is 13.9. The van der Waals surface area contributed by atoms with Gasteiger partial charge in [-0.15, -0.1) is 0 Å². The maximum absolute atomic E-state index is 13.9. The number of halogens is 2. The predicted molar refractivity (Wildman–Crippen MR) is 73.0 cm³/mol. The quantitative estimate of drug-likeness (QED) is 0.902. The zero-order chi connectivity index (χ0) is 12.4. The van der Waals surface area contributed by atoms with Crippen LogP contribution in [0.25, 0.3) is 0 Å². The van der Waals surface area contributed by atoms with Crippen LogP contribution in [0.5, 0.6) is 0 Å². The van der Waals surface area contributed by atoms with Gasteiger partial charge in [-0.05, 0) is 54.9 Å². The van der Waals surface area contributed by atoms with Crippen molar-refractivity contribution in [3.63, 3.8) is 0 Å². The van der Waals surface area contributed by atoms with Crippen molar-refractivity contribution in [1.82, 2.24) is 5.32 Å². The average Bonchev–Trinajstić information content (AvgIpc) is 2.30. The highest BCUT2D eigenvalue weighted by atomic mass is 79.9. The SMILES string of the molecule is CNC1CCN(c2c(F)cccc2Br)C(C)C1. The summed E-state index contributed by atoms with van der Waals surface area (Å²) in [7, 11) is 1.99. The molecule has 0 spiro atoms. The molecule has 4 heteroatoms. The van der Waals surface area contributed by atoms with Crippen molar-refractivity contribution in [3.8, 4) is 0 Å². The molecule has 0 amide bonds. The molecule has 0 saturated carbocycles. The number of hydrogen-bond donors (Lipinski definition) is 1. The number of hydrogen-bond acceptors (Lipinski definition) is 2. The molecule has 1 aliphatic rings. The molecule has 94 valence electrons. The van der Waals surface area contributed by atoms with E-state index in [0.29, 0.717) is 17.8 Å². The van der Waals surface area contributed by atoms with Gasteiger partial charge in [-0.2, -0.15) is 0 Å². The molecule has 0 radical (unpaired) electrons. The highest BCUT2D eigenvalue weighted by molar-refractivity contribution is 9.10. The Hall–Kier alpha value is -0.610. The second-order valence-corrected chi connectivity index (χ2v) is 5.48. The highest BCUT2D eigenvalue weighted by Crippen LogP contribution is 2.33. The van der Waals surface area contributed by atoms with Crippen molar-refractivity contribution in [1.29, 1.82) is 0 Å². The topological polar surface area (TPSA) is 15.3 Å². The number of benzene rings is 1. The van der Waals surface area contributed by atoms with Crippen LogP contribution < -0.4 is 10.2 Å². The van der Waals surface area contributed by atoms with Gasteiger partial charge in [0, 0.05) is 23.1 Å². The van der Waals surface area contributed by atoms with Gasteiger partial charge in [0.05, 0.1) is 5.69 Å². The minimum Gasteiger partial charge on any atom is -0.365 e. The lowest BCUT2D eigenvalue weighted by Gasteiger charge is -2.39. The van der Waals surface area contributed by atoms with Crippen molar-refractivity contribution in [2.45, 2.75) is 31.8 Å². The van der Waals surface area contributed by atoms with Crippen LogP contribution in [-0.4, -0.2) is 25.7 Å². The molecular formula is C13H18BrFN2. The van der Waals surface area contributed by atoms with E-state index < -0.39 is 0 Å². The van der Waals surface area contributed by atoms with Crippen LogP contribution in [-0.2, 0) is 0 Å². The van der Waals surface area contributed by atoms with E-state index in [1.807, 2.05) is 13.1 Å². The van der Waals surface area contributed by atoms with Crippen molar-refractivity contribution >= 4 is 21.6 Å². The molecule has 2 unspecified atom stereocenters.